The lowest BCUT2D eigenvalue weighted by Gasteiger charge is -2.41. The van der Waals surface area contributed by atoms with Crippen LogP contribution in [0.15, 0.2) is 30.5 Å². The first-order valence-electron chi connectivity index (χ1n) is 9.83. The number of hydrogen-bond acceptors (Lipinski definition) is 6. The van der Waals surface area contributed by atoms with Crippen molar-refractivity contribution in [3.63, 3.8) is 0 Å². The molecule has 1 saturated carbocycles. The average molecular weight is 398 g/mol. The number of aromatic nitrogens is 3. The summed E-state index contributed by atoms with van der Waals surface area (Å²) in [7, 11) is 0. The van der Waals surface area contributed by atoms with Gasteiger partial charge in [-0.1, -0.05) is 6.42 Å². The van der Waals surface area contributed by atoms with Crippen LogP contribution >= 0.6 is 0 Å². The number of rotatable bonds is 7. The molecule has 3 heterocycles. The largest absolute Gasteiger partial charge is 0.368 e. The van der Waals surface area contributed by atoms with E-state index in [4.69, 9.17) is 0 Å². The quantitative estimate of drug-likeness (QED) is 0.690. The average Bonchev–Trinajstić information content (AvgIpc) is 2.71. The van der Waals surface area contributed by atoms with Gasteiger partial charge in [0.2, 0.25) is 12.3 Å². The second-order valence-electron chi connectivity index (χ2n) is 7.56. The van der Waals surface area contributed by atoms with Gasteiger partial charge in [-0.25, -0.2) is 4.39 Å². The standard InChI is InChI=1S/C20H23FN6O2/c21-14-4-1-10-22-18(14)20(8-3-9-20)12-24-16-6-7-17(26-25-16)27(13-28)15-5-2-11-23-19(15)29/h1,4,6-7,10,13,15H,2-3,5,8-9,11-12H2,(H,23,29)(H,24,25). The molecule has 2 aliphatic rings. The maximum atomic E-state index is 14.2. The monoisotopic (exact) mass is 398 g/mol. The SMILES string of the molecule is O=CN(c1ccc(NCC2(c3ncccc3F)CCC2)nn1)C1CCCNC1=O. The van der Waals surface area contributed by atoms with Gasteiger partial charge in [-0.3, -0.25) is 19.5 Å². The molecule has 0 bridgehead atoms. The number of halogens is 1. The van der Waals surface area contributed by atoms with Crippen molar-refractivity contribution in [2.75, 3.05) is 23.3 Å². The fourth-order valence-electron chi connectivity index (χ4n) is 4.00. The van der Waals surface area contributed by atoms with Gasteiger partial charge in [0, 0.05) is 24.7 Å². The molecule has 2 aromatic heterocycles. The molecule has 0 radical (unpaired) electrons. The third-order valence-electron chi connectivity index (χ3n) is 5.80. The third kappa shape index (κ3) is 3.76. The minimum absolute atomic E-state index is 0.184. The summed E-state index contributed by atoms with van der Waals surface area (Å²) >= 11 is 0. The Morgan fingerprint density at radius 2 is 2.14 bits per heavy atom. The predicted molar refractivity (Wildman–Crippen MR) is 105 cm³/mol. The maximum absolute atomic E-state index is 14.2. The van der Waals surface area contributed by atoms with Gasteiger partial charge in [-0.2, -0.15) is 0 Å². The number of carbonyl (C=O) groups is 2. The van der Waals surface area contributed by atoms with E-state index in [0.717, 1.165) is 25.7 Å². The highest BCUT2D eigenvalue weighted by Crippen LogP contribution is 2.43. The van der Waals surface area contributed by atoms with Crippen LogP contribution in [0.5, 0.6) is 0 Å². The van der Waals surface area contributed by atoms with E-state index in [-0.39, 0.29) is 17.1 Å². The summed E-state index contributed by atoms with van der Waals surface area (Å²) in [5, 5.41) is 14.2. The number of carbonyl (C=O) groups excluding carboxylic acids is 2. The summed E-state index contributed by atoms with van der Waals surface area (Å²) in [6, 6.07) is 5.82. The number of pyridine rings is 1. The minimum Gasteiger partial charge on any atom is -0.368 e. The zero-order valence-electron chi connectivity index (χ0n) is 16.0. The lowest BCUT2D eigenvalue weighted by atomic mass is 9.66. The van der Waals surface area contributed by atoms with Crippen LogP contribution in [0.4, 0.5) is 16.0 Å². The molecule has 2 N–H and O–H groups in total. The normalized spacial score (nSPS) is 20.3. The molecule has 29 heavy (non-hydrogen) atoms. The molecule has 8 nitrogen and oxygen atoms in total. The fourth-order valence-corrected chi connectivity index (χ4v) is 4.00. The maximum Gasteiger partial charge on any atom is 0.243 e. The fraction of sp³-hybridized carbons (Fsp3) is 0.450. The zero-order valence-corrected chi connectivity index (χ0v) is 16.0. The second kappa shape index (κ2) is 8.10. The van der Waals surface area contributed by atoms with E-state index < -0.39 is 6.04 Å². The molecule has 1 aliphatic carbocycles. The Balaban J connectivity index is 1.45. The van der Waals surface area contributed by atoms with Crippen LogP contribution < -0.4 is 15.5 Å². The molecule has 0 aromatic carbocycles. The highest BCUT2D eigenvalue weighted by atomic mass is 19.1. The van der Waals surface area contributed by atoms with Crippen molar-refractivity contribution in [2.45, 2.75) is 43.6 Å². The molecular formula is C20H23FN6O2. The minimum atomic E-state index is -0.570. The molecule has 0 spiro atoms. The molecule has 9 heteroatoms. The van der Waals surface area contributed by atoms with E-state index in [2.05, 4.69) is 25.8 Å². The number of nitrogens with zero attached hydrogens (tertiary/aromatic N) is 4. The zero-order chi connectivity index (χ0) is 20.3. The number of piperidine rings is 1. The number of hydrogen-bond donors (Lipinski definition) is 2. The van der Waals surface area contributed by atoms with Crippen LogP contribution in [0.2, 0.25) is 0 Å². The molecule has 152 valence electrons. The topological polar surface area (TPSA) is 100 Å². The van der Waals surface area contributed by atoms with E-state index in [1.807, 2.05) is 0 Å². The van der Waals surface area contributed by atoms with Crippen LogP contribution in [0.1, 0.15) is 37.8 Å². The predicted octanol–water partition coefficient (Wildman–Crippen LogP) is 1.79. The van der Waals surface area contributed by atoms with Gasteiger partial charge in [-0.15, -0.1) is 10.2 Å². The van der Waals surface area contributed by atoms with Crippen LogP contribution in [0, 0.1) is 5.82 Å². The number of amides is 2. The molecule has 1 saturated heterocycles. The number of anilines is 2. The lowest BCUT2D eigenvalue weighted by Crippen LogP contribution is -2.50. The Hall–Kier alpha value is -3.10. The van der Waals surface area contributed by atoms with Crippen molar-refractivity contribution in [1.82, 2.24) is 20.5 Å². The van der Waals surface area contributed by atoms with Crippen LogP contribution in [0.25, 0.3) is 0 Å². The first kappa shape index (κ1) is 19.2. The Kier molecular flexibility index (Phi) is 5.37. The Morgan fingerprint density at radius 1 is 1.28 bits per heavy atom. The molecule has 2 fully saturated rings. The van der Waals surface area contributed by atoms with E-state index >= 15 is 0 Å². The van der Waals surface area contributed by atoms with Crippen molar-refractivity contribution in [3.8, 4) is 0 Å². The molecule has 4 rings (SSSR count). The summed E-state index contributed by atoms with van der Waals surface area (Å²) in [4.78, 5) is 29.2. The summed E-state index contributed by atoms with van der Waals surface area (Å²) in [6.45, 7) is 1.12. The molecule has 2 aromatic rings. The first-order chi connectivity index (χ1) is 14.1. The van der Waals surface area contributed by atoms with Crippen molar-refractivity contribution in [1.29, 1.82) is 0 Å². The van der Waals surface area contributed by atoms with Gasteiger partial charge < -0.3 is 10.6 Å². The van der Waals surface area contributed by atoms with Crippen LogP contribution in [-0.4, -0.2) is 46.6 Å². The van der Waals surface area contributed by atoms with E-state index in [0.29, 0.717) is 43.3 Å². The van der Waals surface area contributed by atoms with Gasteiger partial charge in [0.05, 0.1) is 5.69 Å². The summed E-state index contributed by atoms with van der Waals surface area (Å²) in [6.07, 6.45) is 6.36. The summed E-state index contributed by atoms with van der Waals surface area (Å²) in [5.41, 5.74) is 0.138. The Labute approximate surface area is 167 Å². The van der Waals surface area contributed by atoms with E-state index in [1.165, 1.54) is 11.0 Å². The van der Waals surface area contributed by atoms with Crippen molar-refractivity contribution in [3.05, 3.63) is 42.0 Å². The molecule has 1 aliphatic heterocycles. The van der Waals surface area contributed by atoms with Crippen molar-refractivity contribution >= 4 is 24.0 Å². The first-order valence-corrected chi connectivity index (χ1v) is 9.83. The highest BCUT2D eigenvalue weighted by Gasteiger charge is 2.41. The van der Waals surface area contributed by atoms with Crippen molar-refractivity contribution in [2.24, 2.45) is 0 Å². The van der Waals surface area contributed by atoms with E-state index in [9.17, 15) is 14.0 Å². The van der Waals surface area contributed by atoms with Gasteiger partial charge in [0.15, 0.2) is 5.82 Å². The van der Waals surface area contributed by atoms with Crippen LogP contribution in [0.3, 0.4) is 0 Å². The van der Waals surface area contributed by atoms with E-state index in [1.54, 1.807) is 24.4 Å². The van der Waals surface area contributed by atoms with Gasteiger partial charge in [0.25, 0.3) is 0 Å². The smallest absolute Gasteiger partial charge is 0.243 e. The highest BCUT2D eigenvalue weighted by molar-refractivity contribution is 5.91. The molecule has 1 atom stereocenters. The summed E-state index contributed by atoms with van der Waals surface area (Å²) in [5.74, 6) is 0.372. The second-order valence-corrected chi connectivity index (χ2v) is 7.56. The Bertz CT molecular complexity index is 887. The third-order valence-corrected chi connectivity index (χ3v) is 5.80. The number of nitrogens with one attached hydrogen (secondary N) is 2. The molecule has 2 amide bonds. The van der Waals surface area contributed by atoms with Crippen LogP contribution in [-0.2, 0) is 15.0 Å². The van der Waals surface area contributed by atoms with Gasteiger partial charge in [0.1, 0.15) is 17.7 Å². The molecule has 1 unspecified atom stereocenters. The van der Waals surface area contributed by atoms with Gasteiger partial charge >= 0.3 is 0 Å². The Morgan fingerprint density at radius 3 is 2.76 bits per heavy atom. The summed E-state index contributed by atoms with van der Waals surface area (Å²) < 4.78 is 14.2. The molecular weight excluding hydrogens is 375 g/mol. The van der Waals surface area contributed by atoms with Gasteiger partial charge in [-0.05, 0) is 49.9 Å². The van der Waals surface area contributed by atoms with Crippen molar-refractivity contribution < 1.29 is 14.0 Å². The lowest BCUT2D eigenvalue weighted by molar-refractivity contribution is -0.125.